The lowest BCUT2D eigenvalue weighted by Gasteiger charge is -2.32. The smallest absolute Gasteiger partial charge is 0.260 e. The number of nitrogens with zero attached hydrogens (tertiary/aromatic N) is 2. The topological polar surface area (TPSA) is 76.6 Å². The Balaban J connectivity index is 1.81. The van der Waals surface area contributed by atoms with Crippen LogP contribution < -0.4 is 4.74 Å². The second-order valence-corrected chi connectivity index (χ2v) is 8.61. The molecule has 2 heterocycles. The molecule has 0 spiro atoms. The van der Waals surface area contributed by atoms with Gasteiger partial charge in [-0.1, -0.05) is 13.8 Å². The summed E-state index contributed by atoms with van der Waals surface area (Å²) in [4.78, 5) is 17.7. The zero-order valence-corrected chi connectivity index (χ0v) is 14.5. The maximum atomic E-state index is 12.2. The number of carbonyl (C=O) groups is 1. The van der Waals surface area contributed by atoms with Crippen molar-refractivity contribution in [3.8, 4) is 5.75 Å². The van der Waals surface area contributed by atoms with Gasteiger partial charge in [0.15, 0.2) is 16.4 Å². The second kappa shape index (κ2) is 7.77. The van der Waals surface area contributed by atoms with Crippen molar-refractivity contribution in [1.82, 2.24) is 9.88 Å². The van der Waals surface area contributed by atoms with Gasteiger partial charge in [-0.05, 0) is 30.9 Å². The van der Waals surface area contributed by atoms with E-state index in [2.05, 4.69) is 4.98 Å². The molecule has 1 aliphatic rings. The molecular formula is C16H24N2O4S. The highest BCUT2D eigenvalue weighted by atomic mass is 32.2. The molecule has 2 rings (SSSR count). The molecule has 1 fully saturated rings. The summed E-state index contributed by atoms with van der Waals surface area (Å²) in [7, 11) is -3.06. The molecule has 0 aliphatic carbocycles. The molecule has 0 saturated carbocycles. The highest BCUT2D eigenvalue weighted by Gasteiger charge is 2.31. The third kappa shape index (κ3) is 5.20. The van der Waals surface area contributed by atoms with Crippen LogP contribution in [0, 0.1) is 5.92 Å². The van der Waals surface area contributed by atoms with E-state index in [4.69, 9.17) is 4.74 Å². The Morgan fingerprint density at radius 2 is 2.09 bits per heavy atom. The number of pyridine rings is 1. The van der Waals surface area contributed by atoms with Crippen molar-refractivity contribution in [3.63, 3.8) is 0 Å². The molecule has 128 valence electrons. The first kappa shape index (κ1) is 17.7. The monoisotopic (exact) mass is 340 g/mol. The fourth-order valence-corrected chi connectivity index (χ4v) is 4.86. The van der Waals surface area contributed by atoms with Crippen molar-refractivity contribution < 1.29 is 17.9 Å². The van der Waals surface area contributed by atoms with Crippen LogP contribution in [-0.4, -0.2) is 54.9 Å². The van der Waals surface area contributed by atoms with E-state index in [1.165, 1.54) is 0 Å². The summed E-state index contributed by atoms with van der Waals surface area (Å²) >= 11 is 0. The SMILES string of the molecule is CC(C)CS(=O)(=O)C1CCN(C(=O)COc2cccnc2)CC1. The summed E-state index contributed by atoms with van der Waals surface area (Å²) in [6.07, 6.45) is 4.20. The van der Waals surface area contributed by atoms with Gasteiger partial charge in [-0.15, -0.1) is 0 Å². The number of carbonyl (C=O) groups excluding carboxylic acids is 1. The highest BCUT2D eigenvalue weighted by molar-refractivity contribution is 7.92. The van der Waals surface area contributed by atoms with Crippen LogP contribution >= 0.6 is 0 Å². The molecule has 1 aliphatic heterocycles. The number of piperidine rings is 1. The van der Waals surface area contributed by atoms with Crippen molar-refractivity contribution in [3.05, 3.63) is 24.5 Å². The van der Waals surface area contributed by atoms with Crippen LogP contribution in [0.5, 0.6) is 5.75 Å². The lowest BCUT2D eigenvalue weighted by atomic mass is 10.1. The number of rotatable bonds is 6. The Bertz CT molecular complexity index is 608. The predicted octanol–water partition coefficient (Wildman–Crippen LogP) is 1.52. The summed E-state index contributed by atoms with van der Waals surface area (Å²) in [5.74, 6) is 0.784. The van der Waals surface area contributed by atoms with E-state index >= 15 is 0 Å². The van der Waals surface area contributed by atoms with Crippen LogP contribution in [-0.2, 0) is 14.6 Å². The third-order valence-electron chi connectivity index (χ3n) is 3.86. The number of amides is 1. The normalized spacial score (nSPS) is 16.6. The minimum absolute atomic E-state index is 0.0465. The maximum Gasteiger partial charge on any atom is 0.260 e. The summed E-state index contributed by atoms with van der Waals surface area (Å²) in [5.41, 5.74) is 0. The van der Waals surface area contributed by atoms with Crippen LogP contribution in [0.15, 0.2) is 24.5 Å². The first-order chi connectivity index (χ1) is 10.9. The summed E-state index contributed by atoms with van der Waals surface area (Å²) in [6.45, 7) is 4.71. The first-order valence-corrected chi connectivity index (χ1v) is 9.62. The van der Waals surface area contributed by atoms with Gasteiger partial charge in [-0.3, -0.25) is 9.78 Å². The molecule has 0 N–H and O–H groups in total. The minimum atomic E-state index is -3.06. The molecular weight excluding hydrogens is 316 g/mol. The van der Waals surface area contributed by atoms with Gasteiger partial charge in [-0.25, -0.2) is 8.42 Å². The molecule has 23 heavy (non-hydrogen) atoms. The van der Waals surface area contributed by atoms with E-state index in [0.717, 1.165) is 0 Å². The fourth-order valence-electron chi connectivity index (χ4n) is 2.73. The van der Waals surface area contributed by atoms with Gasteiger partial charge in [-0.2, -0.15) is 0 Å². The fraction of sp³-hybridized carbons (Fsp3) is 0.625. The molecule has 0 bridgehead atoms. The number of hydrogen-bond donors (Lipinski definition) is 0. The van der Waals surface area contributed by atoms with Crippen molar-refractivity contribution >= 4 is 15.7 Å². The zero-order chi connectivity index (χ0) is 16.9. The molecule has 0 unspecified atom stereocenters. The van der Waals surface area contributed by atoms with E-state index in [9.17, 15) is 13.2 Å². The zero-order valence-electron chi connectivity index (χ0n) is 13.6. The van der Waals surface area contributed by atoms with Crippen LogP contribution in [0.1, 0.15) is 26.7 Å². The van der Waals surface area contributed by atoms with E-state index in [-0.39, 0.29) is 29.4 Å². The van der Waals surface area contributed by atoms with Crippen molar-refractivity contribution in [2.45, 2.75) is 31.9 Å². The van der Waals surface area contributed by atoms with Gasteiger partial charge in [0, 0.05) is 19.3 Å². The average molecular weight is 340 g/mol. The van der Waals surface area contributed by atoms with Gasteiger partial charge in [0.25, 0.3) is 5.91 Å². The Morgan fingerprint density at radius 3 is 2.65 bits per heavy atom. The lowest BCUT2D eigenvalue weighted by molar-refractivity contribution is -0.134. The van der Waals surface area contributed by atoms with Crippen LogP contribution in [0.4, 0.5) is 0 Å². The third-order valence-corrected chi connectivity index (χ3v) is 6.48. The molecule has 7 heteroatoms. The molecule has 6 nitrogen and oxygen atoms in total. The molecule has 0 aromatic carbocycles. The largest absolute Gasteiger partial charge is 0.482 e. The Morgan fingerprint density at radius 1 is 1.39 bits per heavy atom. The van der Waals surface area contributed by atoms with Gasteiger partial charge in [0.2, 0.25) is 0 Å². The molecule has 0 radical (unpaired) electrons. The highest BCUT2D eigenvalue weighted by Crippen LogP contribution is 2.20. The van der Waals surface area contributed by atoms with E-state index in [1.807, 2.05) is 13.8 Å². The Hall–Kier alpha value is -1.63. The van der Waals surface area contributed by atoms with E-state index < -0.39 is 9.84 Å². The minimum Gasteiger partial charge on any atom is -0.482 e. The number of likely N-dealkylation sites (tertiary alicyclic amines) is 1. The maximum absolute atomic E-state index is 12.2. The molecule has 0 atom stereocenters. The Kier molecular flexibility index (Phi) is 5.98. The number of sulfone groups is 1. The molecule has 1 amide bonds. The lowest BCUT2D eigenvalue weighted by Crippen LogP contribution is -2.45. The van der Waals surface area contributed by atoms with Crippen LogP contribution in [0.25, 0.3) is 0 Å². The van der Waals surface area contributed by atoms with Crippen molar-refractivity contribution in [2.24, 2.45) is 5.92 Å². The number of hydrogen-bond acceptors (Lipinski definition) is 5. The second-order valence-electron chi connectivity index (χ2n) is 6.28. The quantitative estimate of drug-likeness (QED) is 0.785. The first-order valence-electron chi connectivity index (χ1n) is 7.90. The van der Waals surface area contributed by atoms with Crippen LogP contribution in [0.3, 0.4) is 0 Å². The van der Waals surface area contributed by atoms with Crippen molar-refractivity contribution in [2.75, 3.05) is 25.4 Å². The van der Waals surface area contributed by atoms with Crippen LogP contribution in [0.2, 0.25) is 0 Å². The Labute approximate surface area is 137 Å². The number of ether oxygens (including phenoxy) is 1. The molecule has 1 aromatic rings. The molecule has 1 saturated heterocycles. The van der Waals surface area contributed by atoms with Gasteiger partial charge in [0.1, 0.15) is 5.75 Å². The average Bonchev–Trinajstić information content (AvgIpc) is 2.52. The van der Waals surface area contributed by atoms with Gasteiger partial charge >= 0.3 is 0 Å². The summed E-state index contributed by atoms with van der Waals surface area (Å²) in [6, 6.07) is 3.48. The predicted molar refractivity (Wildman–Crippen MR) is 88.0 cm³/mol. The standard InChI is InChI=1S/C16H24N2O4S/c1-13(2)12-23(20,21)15-5-8-18(9-6-15)16(19)11-22-14-4-3-7-17-10-14/h3-4,7,10,13,15H,5-6,8-9,11-12H2,1-2H3. The molecule has 1 aromatic heterocycles. The summed E-state index contributed by atoms with van der Waals surface area (Å²) < 4.78 is 29.9. The number of aromatic nitrogens is 1. The van der Waals surface area contributed by atoms with Crippen molar-refractivity contribution in [1.29, 1.82) is 0 Å². The van der Waals surface area contributed by atoms with Gasteiger partial charge in [0.05, 0.1) is 17.2 Å². The van der Waals surface area contributed by atoms with E-state index in [0.29, 0.717) is 31.7 Å². The summed E-state index contributed by atoms with van der Waals surface area (Å²) in [5, 5.41) is -0.326. The van der Waals surface area contributed by atoms with E-state index in [1.54, 1.807) is 29.4 Å². The van der Waals surface area contributed by atoms with Gasteiger partial charge < -0.3 is 9.64 Å².